The van der Waals surface area contributed by atoms with E-state index in [-0.39, 0.29) is 18.9 Å². The number of urea groups is 1. The summed E-state index contributed by atoms with van der Waals surface area (Å²) >= 11 is 5.82. The van der Waals surface area contributed by atoms with Gasteiger partial charge in [-0.25, -0.2) is 4.79 Å². The van der Waals surface area contributed by atoms with E-state index in [2.05, 4.69) is 15.5 Å². The summed E-state index contributed by atoms with van der Waals surface area (Å²) in [6.07, 6.45) is 0.161. The Hall–Kier alpha value is -2.12. The highest BCUT2D eigenvalue weighted by atomic mass is 35.5. The number of carbonyl (C=O) groups is 1. The van der Waals surface area contributed by atoms with E-state index in [0.717, 1.165) is 0 Å². The number of aliphatic hydroxyl groups is 1. The molecule has 2 aromatic rings. The maximum atomic E-state index is 10.6. The standard InChI is InChI=1S/C13H15ClN4O3/c1-13(20,8-2-4-9(14)5-3-8)6-10-17-11(21-18-10)7-16-12(15)19/h2-5,20H,6-7H2,1H3,(H3,15,16,19)/t13-/m1/s1. The highest BCUT2D eigenvalue weighted by Gasteiger charge is 2.26. The van der Waals surface area contributed by atoms with Gasteiger partial charge < -0.3 is 20.7 Å². The molecular weight excluding hydrogens is 296 g/mol. The number of rotatable bonds is 5. The van der Waals surface area contributed by atoms with Crippen molar-refractivity contribution in [2.24, 2.45) is 5.73 Å². The maximum absolute atomic E-state index is 10.6. The lowest BCUT2D eigenvalue weighted by Crippen LogP contribution is -2.28. The van der Waals surface area contributed by atoms with Crippen molar-refractivity contribution >= 4 is 17.6 Å². The van der Waals surface area contributed by atoms with Crippen LogP contribution in [-0.2, 0) is 18.6 Å². The molecule has 2 amide bonds. The molecule has 0 fully saturated rings. The molecule has 1 aromatic heterocycles. The first kappa shape index (κ1) is 15.3. The number of hydrogen-bond donors (Lipinski definition) is 3. The summed E-state index contributed by atoms with van der Waals surface area (Å²) in [6, 6.07) is 6.19. The minimum absolute atomic E-state index is 0.0470. The number of aromatic nitrogens is 2. The van der Waals surface area contributed by atoms with Crippen LogP contribution in [-0.4, -0.2) is 21.3 Å². The minimum atomic E-state index is -1.16. The summed E-state index contributed by atoms with van der Waals surface area (Å²) in [6.45, 7) is 1.69. The molecule has 112 valence electrons. The fourth-order valence-corrected chi connectivity index (χ4v) is 1.94. The molecule has 0 aliphatic heterocycles. The van der Waals surface area contributed by atoms with Crippen LogP contribution in [0.4, 0.5) is 4.79 Å². The van der Waals surface area contributed by atoms with Gasteiger partial charge in [0.2, 0.25) is 5.89 Å². The number of nitrogens with two attached hydrogens (primary N) is 1. The lowest BCUT2D eigenvalue weighted by molar-refractivity contribution is 0.0548. The van der Waals surface area contributed by atoms with E-state index in [1.54, 1.807) is 31.2 Å². The van der Waals surface area contributed by atoms with E-state index in [0.29, 0.717) is 16.4 Å². The van der Waals surface area contributed by atoms with E-state index in [4.69, 9.17) is 21.9 Å². The molecule has 0 aliphatic carbocycles. The molecule has 0 bridgehead atoms. The van der Waals surface area contributed by atoms with Gasteiger partial charge in [0.25, 0.3) is 0 Å². The molecule has 0 saturated carbocycles. The van der Waals surface area contributed by atoms with E-state index in [1.165, 1.54) is 0 Å². The van der Waals surface area contributed by atoms with Crippen LogP contribution in [0.3, 0.4) is 0 Å². The zero-order chi connectivity index (χ0) is 15.5. The predicted molar refractivity (Wildman–Crippen MR) is 75.4 cm³/mol. The second-order valence-electron chi connectivity index (χ2n) is 4.78. The van der Waals surface area contributed by atoms with Crippen molar-refractivity contribution in [1.29, 1.82) is 0 Å². The van der Waals surface area contributed by atoms with Crippen LogP contribution >= 0.6 is 11.6 Å². The molecule has 4 N–H and O–H groups in total. The molecule has 0 radical (unpaired) electrons. The molecular formula is C13H15ClN4O3. The molecule has 0 unspecified atom stereocenters. The summed E-state index contributed by atoms with van der Waals surface area (Å²) in [5.74, 6) is 0.548. The van der Waals surface area contributed by atoms with E-state index in [9.17, 15) is 9.90 Å². The zero-order valence-corrected chi connectivity index (χ0v) is 12.1. The highest BCUT2D eigenvalue weighted by molar-refractivity contribution is 6.30. The SMILES string of the molecule is C[C@@](O)(Cc1noc(CNC(N)=O)n1)c1ccc(Cl)cc1. The molecule has 8 heteroatoms. The average molecular weight is 311 g/mol. The Balaban J connectivity index is 2.06. The first-order valence-electron chi connectivity index (χ1n) is 6.20. The van der Waals surface area contributed by atoms with Gasteiger partial charge in [0.15, 0.2) is 5.82 Å². The Labute approximate surface area is 126 Å². The number of primary amides is 1. The number of hydrogen-bond acceptors (Lipinski definition) is 5. The zero-order valence-electron chi connectivity index (χ0n) is 11.3. The summed E-state index contributed by atoms with van der Waals surface area (Å²) in [5, 5.41) is 17.2. The monoisotopic (exact) mass is 310 g/mol. The molecule has 0 aliphatic rings. The Morgan fingerprint density at radius 1 is 1.48 bits per heavy atom. The number of amides is 2. The number of benzene rings is 1. The van der Waals surface area contributed by atoms with Crippen molar-refractivity contribution in [2.75, 3.05) is 0 Å². The molecule has 0 saturated heterocycles. The molecule has 7 nitrogen and oxygen atoms in total. The molecule has 2 rings (SSSR count). The van der Waals surface area contributed by atoms with Crippen LogP contribution in [0, 0.1) is 0 Å². The van der Waals surface area contributed by atoms with Crippen LogP contribution in [0.5, 0.6) is 0 Å². The second kappa shape index (κ2) is 6.11. The Bertz CT molecular complexity index is 625. The lowest BCUT2D eigenvalue weighted by atomic mass is 9.92. The largest absolute Gasteiger partial charge is 0.385 e. The van der Waals surface area contributed by atoms with Gasteiger partial charge in [-0.15, -0.1) is 0 Å². The molecule has 1 atom stereocenters. The number of carbonyl (C=O) groups excluding carboxylic acids is 1. The summed E-state index contributed by atoms with van der Waals surface area (Å²) < 4.78 is 4.95. The Kier molecular flexibility index (Phi) is 4.44. The van der Waals surface area contributed by atoms with Crippen LogP contribution < -0.4 is 11.1 Å². The molecule has 0 spiro atoms. The number of nitrogens with zero attached hydrogens (tertiary/aromatic N) is 2. The lowest BCUT2D eigenvalue weighted by Gasteiger charge is -2.22. The fourth-order valence-electron chi connectivity index (χ4n) is 1.82. The van der Waals surface area contributed by atoms with Gasteiger partial charge >= 0.3 is 6.03 Å². The minimum Gasteiger partial charge on any atom is -0.385 e. The van der Waals surface area contributed by atoms with Crippen LogP contribution in [0.1, 0.15) is 24.2 Å². The number of halogens is 1. The molecule has 1 heterocycles. The first-order valence-corrected chi connectivity index (χ1v) is 6.58. The normalized spacial score (nSPS) is 13.7. The molecule has 1 aromatic carbocycles. The van der Waals surface area contributed by atoms with Crippen molar-refractivity contribution in [3.8, 4) is 0 Å². The van der Waals surface area contributed by atoms with Crippen molar-refractivity contribution in [3.05, 3.63) is 46.6 Å². The van der Waals surface area contributed by atoms with Gasteiger partial charge in [-0.2, -0.15) is 4.98 Å². The van der Waals surface area contributed by atoms with Crippen molar-refractivity contribution in [1.82, 2.24) is 15.5 Å². The highest BCUT2D eigenvalue weighted by Crippen LogP contribution is 2.25. The second-order valence-corrected chi connectivity index (χ2v) is 5.22. The fraction of sp³-hybridized carbons (Fsp3) is 0.308. The van der Waals surface area contributed by atoms with Gasteiger partial charge in [-0.1, -0.05) is 28.9 Å². The Morgan fingerprint density at radius 3 is 2.76 bits per heavy atom. The average Bonchev–Trinajstić information content (AvgIpc) is 2.84. The van der Waals surface area contributed by atoms with E-state index in [1.807, 2.05) is 0 Å². The number of nitrogens with one attached hydrogen (secondary N) is 1. The summed E-state index contributed by atoms with van der Waals surface area (Å²) in [7, 11) is 0. The van der Waals surface area contributed by atoms with E-state index < -0.39 is 11.6 Å². The third-order valence-corrected chi connectivity index (χ3v) is 3.14. The van der Waals surface area contributed by atoms with E-state index >= 15 is 0 Å². The summed E-state index contributed by atoms with van der Waals surface area (Å²) in [5.41, 5.74) is 4.47. The van der Waals surface area contributed by atoms with Gasteiger partial charge in [0.05, 0.1) is 12.1 Å². The van der Waals surface area contributed by atoms with Gasteiger partial charge in [0, 0.05) is 11.4 Å². The van der Waals surface area contributed by atoms with Crippen LogP contribution in [0.15, 0.2) is 28.8 Å². The van der Waals surface area contributed by atoms with Crippen molar-refractivity contribution < 1.29 is 14.4 Å². The third-order valence-electron chi connectivity index (χ3n) is 2.89. The Morgan fingerprint density at radius 2 is 2.14 bits per heavy atom. The van der Waals surface area contributed by atoms with Crippen molar-refractivity contribution in [3.63, 3.8) is 0 Å². The smallest absolute Gasteiger partial charge is 0.312 e. The first-order chi connectivity index (χ1) is 9.87. The summed E-state index contributed by atoms with van der Waals surface area (Å²) in [4.78, 5) is 14.7. The third kappa shape index (κ3) is 4.17. The molecule has 21 heavy (non-hydrogen) atoms. The topological polar surface area (TPSA) is 114 Å². The van der Waals surface area contributed by atoms with Gasteiger partial charge in [-0.05, 0) is 24.6 Å². The van der Waals surface area contributed by atoms with Gasteiger partial charge in [-0.3, -0.25) is 0 Å². The van der Waals surface area contributed by atoms with Crippen LogP contribution in [0.25, 0.3) is 0 Å². The van der Waals surface area contributed by atoms with Crippen LogP contribution in [0.2, 0.25) is 5.02 Å². The quantitative estimate of drug-likeness (QED) is 0.771. The van der Waals surface area contributed by atoms with Gasteiger partial charge in [0.1, 0.15) is 0 Å². The predicted octanol–water partition coefficient (Wildman–Crippen LogP) is 1.34. The van der Waals surface area contributed by atoms with Crippen molar-refractivity contribution in [2.45, 2.75) is 25.5 Å². The maximum Gasteiger partial charge on any atom is 0.312 e.